The fourth-order valence-corrected chi connectivity index (χ4v) is 26.8. The SMILES string of the molecule is CC1=C(C)[CH]([Zr]([CH]2C=C(c3ccccc3)c3c(C)c(C)c(C)c(C)c32)=[Si](C)C)C(C)=C1C. The summed E-state index contributed by atoms with van der Waals surface area (Å²) < 4.78 is 1.45. The summed E-state index contributed by atoms with van der Waals surface area (Å²) in [6.45, 7) is 24.3. The molecule has 2 aromatic carbocycles. The maximum absolute atomic E-state index is 2.74. The van der Waals surface area contributed by atoms with Gasteiger partial charge in [-0.05, 0) is 0 Å². The third kappa shape index (κ3) is 3.57. The van der Waals surface area contributed by atoms with Crippen LogP contribution < -0.4 is 0 Å². The quantitative estimate of drug-likeness (QED) is 0.357. The summed E-state index contributed by atoms with van der Waals surface area (Å²) in [5, 5.41) is 0. The Hall–Kier alpha value is -1.24. The molecule has 32 heavy (non-hydrogen) atoms. The predicted octanol–water partition coefficient (Wildman–Crippen LogP) is 8.75. The van der Waals surface area contributed by atoms with Gasteiger partial charge < -0.3 is 0 Å². The van der Waals surface area contributed by atoms with E-state index in [0.717, 1.165) is 3.63 Å². The first-order chi connectivity index (χ1) is 15.1. The molecular weight excluding hydrogens is 480 g/mol. The summed E-state index contributed by atoms with van der Waals surface area (Å²) in [5.41, 5.74) is 18.4. The van der Waals surface area contributed by atoms with Crippen molar-refractivity contribution in [1.82, 2.24) is 0 Å². The van der Waals surface area contributed by atoms with Gasteiger partial charge in [0.15, 0.2) is 0 Å². The molecule has 0 heterocycles. The minimum atomic E-state index is -1.94. The topological polar surface area (TPSA) is 0 Å². The minimum absolute atomic E-state index is 0.365. The van der Waals surface area contributed by atoms with Gasteiger partial charge in [0.2, 0.25) is 0 Å². The second-order valence-electron chi connectivity index (χ2n) is 10.2. The Morgan fingerprint density at radius 1 is 0.688 bits per heavy atom. The van der Waals surface area contributed by atoms with Gasteiger partial charge in [-0.25, -0.2) is 0 Å². The zero-order valence-corrected chi connectivity index (χ0v) is 25.1. The molecule has 0 aromatic heterocycles. The van der Waals surface area contributed by atoms with Crippen molar-refractivity contribution in [1.29, 1.82) is 0 Å². The van der Waals surface area contributed by atoms with Gasteiger partial charge in [-0.3, -0.25) is 0 Å². The van der Waals surface area contributed by atoms with Crippen LogP contribution in [-0.4, -0.2) is 5.43 Å². The fourth-order valence-electron chi connectivity index (χ4n) is 6.11. The monoisotopic (exact) mass is 516 g/mol. The van der Waals surface area contributed by atoms with Crippen LogP contribution in [0.15, 0.2) is 58.7 Å². The second-order valence-corrected chi connectivity index (χ2v) is 28.2. The molecule has 0 amide bonds. The molecule has 2 aliphatic rings. The van der Waals surface area contributed by atoms with Gasteiger partial charge in [-0.2, -0.15) is 0 Å². The second kappa shape index (κ2) is 8.84. The number of rotatable bonds is 3. The summed E-state index contributed by atoms with van der Waals surface area (Å²) in [5.74, 6) is 0. The number of benzene rings is 2. The molecule has 4 rings (SSSR count). The van der Waals surface area contributed by atoms with Crippen LogP contribution in [-0.2, 0) is 20.4 Å². The summed E-state index contributed by atoms with van der Waals surface area (Å²) >= 11 is -1.94. The van der Waals surface area contributed by atoms with Crippen LogP contribution in [0.1, 0.15) is 70.3 Å². The van der Waals surface area contributed by atoms with E-state index in [1.54, 1.807) is 39.0 Å². The summed E-state index contributed by atoms with van der Waals surface area (Å²) in [7, 11) is 0. The molecule has 0 nitrogen and oxygen atoms in total. The molecule has 0 saturated carbocycles. The fraction of sp³-hybridized carbons (Fsp3) is 0.400. The van der Waals surface area contributed by atoms with Gasteiger partial charge in [0.25, 0.3) is 0 Å². The molecular formula is C30H38SiZr. The van der Waals surface area contributed by atoms with E-state index in [1.165, 1.54) is 27.8 Å². The third-order valence-corrected chi connectivity index (χ3v) is 28.2. The Bertz CT molecular complexity index is 1220. The van der Waals surface area contributed by atoms with Crippen LogP contribution in [0.4, 0.5) is 0 Å². The van der Waals surface area contributed by atoms with Crippen molar-refractivity contribution in [2.75, 3.05) is 0 Å². The summed E-state index contributed by atoms with van der Waals surface area (Å²) in [4.78, 5) is 0. The molecule has 1 atom stereocenters. The summed E-state index contributed by atoms with van der Waals surface area (Å²) in [6.07, 6.45) is 2.74. The van der Waals surface area contributed by atoms with Crippen LogP contribution in [0.5, 0.6) is 0 Å². The van der Waals surface area contributed by atoms with E-state index in [4.69, 9.17) is 0 Å². The van der Waals surface area contributed by atoms with Crippen molar-refractivity contribution in [2.24, 2.45) is 0 Å². The number of hydrogen-bond acceptors (Lipinski definition) is 0. The summed E-state index contributed by atoms with van der Waals surface area (Å²) in [6, 6.07) is 11.2. The van der Waals surface area contributed by atoms with E-state index in [0.29, 0.717) is 3.63 Å². The zero-order chi connectivity index (χ0) is 23.5. The predicted molar refractivity (Wildman–Crippen MR) is 140 cm³/mol. The first-order valence-corrected chi connectivity index (χ1v) is 21.0. The maximum atomic E-state index is 2.74. The van der Waals surface area contributed by atoms with Crippen molar-refractivity contribution >= 4 is 11.0 Å². The molecule has 1 unspecified atom stereocenters. The molecule has 0 fully saturated rings. The number of allylic oxidation sites excluding steroid dienone is 5. The molecule has 0 aliphatic heterocycles. The Kier molecular flexibility index (Phi) is 6.61. The first kappa shape index (κ1) is 23.9. The zero-order valence-electron chi connectivity index (χ0n) is 21.6. The average molecular weight is 518 g/mol. The van der Waals surface area contributed by atoms with Gasteiger partial charge in [0, 0.05) is 0 Å². The van der Waals surface area contributed by atoms with E-state index < -0.39 is 20.4 Å². The van der Waals surface area contributed by atoms with Crippen molar-refractivity contribution in [3.8, 4) is 0 Å². The first-order valence-electron chi connectivity index (χ1n) is 12.0. The third-order valence-electron chi connectivity index (χ3n) is 8.57. The number of fused-ring (bicyclic) bond motifs is 1. The van der Waals surface area contributed by atoms with Crippen LogP contribution in [0.3, 0.4) is 0 Å². The Morgan fingerprint density at radius 3 is 1.75 bits per heavy atom. The Balaban J connectivity index is 2.04. The van der Waals surface area contributed by atoms with Crippen LogP contribution in [0.25, 0.3) is 5.57 Å². The molecule has 166 valence electrons. The van der Waals surface area contributed by atoms with Crippen molar-refractivity contribution in [2.45, 2.75) is 75.7 Å². The Labute approximate surface area is 203 Å². The van der Waals surface area contributed by atoms with Crippen LogP contribution in [0, 0.1) is 27.7 Å². The normalized spacial score (nSPS) is 18.4. The van der Waals surface area contributed by atoms with Gasteiger partial charge in [0.05, 0.1) is 0 Å². The van der Waals surface area contributed by atoms with Crippen LogP contribution >= 0.6 is 0 Å². The van der Waals surface area contributed by atoms with Crippen molar-refractivity contribution < 1.29 is 20.4 Å². The van der Waals surface area contributed by atoms with Gasteiger partial charge in [0.1, 0.15) is 0 Å². The molecule has 0 saturated heterocycles. The van der Waals surface area contributed by atoms with E-state index in [2.05, 4.69) is 105 Å². The molecule has 2 aliphatic carbocycles. The van der Waals surface area contributed by atoms with E-state index >= 15 is 0 Å². The van der Waals surface area contributed by atoms with Gasteiger partial charge >= 0.3 is 205 Å². The van der Waals surface area contributed by atoms with Crippen molar-refractivity contribution in [3.05, 3.63) is 97.6 Å². The molecule has 2 aromatic rings. The molecule has 2 heteroatoms. The molecule has 0 spiro atoms. The van der Waals surface area contributed by atoms with E-state index in [1.807, 2.05) is 0 Å². The average Bonchev–Trinajstić information content (AvgIpc) is 3.25. The number of hydrogen-bond donors (Lipinski definition) is 0. The van der Waals surface area contributed by atoms with Gasteiger partial charge in [-0.15, -0.1) is 0 Å². The molecule has 0 N–H and O–H groups in total. The van der Waals surface area contributed by atoms with Gasteiger partial charge in [-0.1, -0.05) is 0 Å². The van der Waals surface area contributed by atoms with Crippen LogP contribution in [0.2, 0.25) is 16.7 Å². The molecule has 0 bridgehead atoms. The van der Waals surface area contributed by atoms with Crippen molar-refractivity contribution in [3.63, 3.8) is 0 Å². The Morgan fingerprint density at radius 2 is 1.22 bits per heavy atom. The standard InChI is InChI=1S/C19H19.C9H13.C2H6Si.Zr/c1-12-13(2)15(4)19-17(14(12)3)10-11-18(19)16-8-6-5-7-9-16;1-6-5-7(2)9(4)8(6)3;1-3-2;/h5-11H,1-4H3;5H,1-4H3;1-2H3;. The van der Waals surface area contributed by atoms with E-state index in [-0.39, 0.29) is 5.43 Å². The molecule has 0 radical (unpaired) electrons. The van der Waals surface area contributed by atoms with E-state index in [9.17, 15) is 0 Å².